The van der Waals surface area contributed by atoms with Crippen LogP contribution in [0.25, 0.3) is 0 Å². The molecular formula is C10H13F3N2O. The molecule has 1 aromatic rings. The van der Waals surface area contributed by atoms with E-state index in [1.54, 1.807) is 25.4 Å². The summed E-state index contributed by atoms with van der Waals surface area (Å²) in [6.45, 7) is 0.861. The van der Waals surface area contributed by atoms with Crippen LogP contribution in [0.3, 0.4) is 0 Å². The van der Waals surface area contributed by atoms with Crippen LogP contribution < -0.4 is 5.32 Å². The fourth-order valence-electron chi connectivity index (χ4n) is 1.09. The van der Waals surface area contributed by atoms with Crippen LogP contribution in [-0.2, 0) is 11.3 Å². The van der Waals surface area contributed by atoms with Gasteiger partial charge in [0.05, 0.1) is 6.61 Å². The Morgan fingerprint density at radius 3 is 2.75 bits per heavy atom. The van der Waals surface area contributed by atoms with Gasteiger partial charge < -0.3 is 10.1 Å². The van der Waals surface area contributed by atoms with Crippen molar-refractivity contribution in [1.29, 1.82) is 0 Å². The van der Waals surface area contributed by atoms with Gasteiger partial charge in [-0.25, -0.2) is 4.98 Å². The summed E-state index contributed by atoms with van der Waals surface area (Å²) < 4.78 is 41.3. The van der Waals surface area contributed by atoms with Gasteiger partial charge in [0.2, 0.25) is 0 Å². The lowest BCUT2D eigenvalue weighted by atomic mass is 10.2. The number of rotatable bonds is 4. The SMILES string of the molecule is CNc1ncccc1COC(C)C(F)(F)F. The fourth-order valence-corrected chi connectivity index (χ4v) is 1.09. The van der Waals surface area contributed by atoms with Crippen molar-refractivity contribution in [1.82, 2.24) is 4.98 Å². The molecule has 0 amide bonds. The lowest BCUT2D eigenvalue weighted by Gasteiger charge is -2.17. The summed E-state index contributed by atoms with van der Waals surface area (Å²) in [4.78, 5) is 3.96. The minimum Gasteiger partial charge on any atom is -0.373 e. The average Bonchev–Trinajstić information content (AvgIpc) is 2.24. The van der Waals surface area contributed by atoms with Crippen molar-refractivity contribution in [3.05, 3.63) is 23.9 Å². The summed E-state index contributed by atoms with van der Waals surface area (Å²) in [6, 6.07) is 3.32. The molecule has 0 aliphatic rings. The Morgan fingerprint density at radius 1 is 1.50 bits per heavy atom. The quantitative estimate of drug-likeness (QED) is 0.869. The van der Waals surface area contributed by atoms with E-state index in [1.165, 1.54) is 0 Å². The Bertz CT molecular complexity index is 341. The zero-order valence-corrected chi connectivity index (χ0v) is 9.01. The minimum atomic E-state index is -4.33. The maximum Gasteiger partial charge on any atom is 0.414 e. The summed E-state index contributed by atoms with van der Waals surface area (Å²) >= 11 is 0. The van der Waals surface area contributed by atoms with Crippen LogP contribution in [0.2, 0.25) is 0 Å². The molecule has 0 fully saturated rings. The highest BCUT2D eigenvalue weighted by molar-refractivity contribution is 5.42. The van der Waals surface area contributed by atoms with Gasteiger partial charge in [0, 0.05) is 18.8 Å². The summed E-state index contributed by atoms with van der Waals surface area (Å²) in [7, 11) is 1.65. The van der Waals surface area contributed by atoms with Crippen LogP contribution in [0.15, 0.2) is 18.3 Å². The highest BCUT2D eigenvalue weighted by Gasteiger charge is 2.36. The van der Waals surface area contributed by atoms with Gasteiger partial charge in [0.1, 0.15) is 5.82 Å². The second-order valence-electron chi connectivity index (χ2n) is 3.26. The maximum absolute atomic E-state index is 12.2. The number of hydrogen-bond acceptors (Lipinski definition) is 3. The molecule has 90 valence electrons. The molecule has 1 atom stereocenters. The summed E-state index contributed by atoms with van der Waals surface area (Å²) in [5.41, 5.74) is 0.598. The van der Waals surface area contributed by atoms with Crippen LogP contribution in [-0.4, -0.2) is 24.3 Å². The van der Waals surface area contributed by atoms with E-state index in [2.05, 4.69) is 10.3 Å². The molecule has 0 spiro atoms. The predicted molar refractivity (Wildman–Crippen MR) is 54.1 cm³/mol. The van der Waals surface area contributed by atoms with Crippen molar-refractivity contribution in [3.8, 4) is 0 Å². The van der Waals surface area contributed by atoms with Crippen molar-refractivity contribution in [2.75, 3.05) is 12.4 Å². The molecule has 1 N–H and O–H groups in total. The Hall–Kier alpha value is -1.30. The largest absolute Gasteiger partial charge is 0.414 e. The Labute approximate surface area is 91.6 Å². The molecule has 16 heavy (non-hydrogen) atoms. The van der Waals surface area contributed by atoms with Gasteiger partial charge in [-0.2, -0.15) is 13.2 Å². The Morgan fingerprint density at radius 2 is 2.19 bits per heavy atom. The van der Waals surface area contributed by atoms with Crippen LogP contribution >= 0.6 is 0 Å². The van der Waals surface area contributed by atoms with Gasteiger partial charge in [-0.1, -0.05) is 6.07 Å². The molecule has 3 nitrogen and oxygen atoms in total. The molecular weight excluding hydrogens is 221 g/mol. The van der Waals surface area contributed by atoms with Crippen LogP contribution in [0, 0.1) is 0 Å². The predicted octanol–water partition coefficient (Wildman–Crippen LogP) is 2.59. The second-order valence-corrected chi connectivity index (χ2v) is 3.26. The maximum atomic E-state index is 12.2. The van der Waals surface area contributed by atoms with Gasteiger partial charge in [0.25, 0.3) is 0 Å². The zero-order valence-electron chi connectivity index (χ0n) is 9.01. The Kier molecular flexibility index (Phi) is 4.12. The highest BCUT2D eigenvalue weighted by atomic mass is 19.4. The normalized spacial score (nSPS) is 13.6. The second kappa shape index (κ2) is 5.16. The van der Waals surface area contributed by atoms with Crippen LogP contribution in [0.4, 0.5) is 19.0 Å². The van der Waals surface area contributed by atoms with E-state index in [1.807, 2.05) is 0 Å². The third-order valence-electron chi connectivity index (χ3n) is 2.08. The highest BCUT2D eigenvalue weighted by Crippen LogP contribution is 2.24. The fraction of sp³-hybridized carbons (Fsp3) is 0.500. The van der Waals surface area contributed by atoms with Gasteiger partial charge in [0.15, 0.2) is 6.10 Å². The molecule has 1 unspecified atom stereocenters. The Balaban J connectivity index is 2.61. The van der Waals surface area contributed by atoms with Crippen molar-refractivity contribution in [2.24, 2.45) is 0 Å². The van der Waals surface area contributed by atoms with Gasteiger partial charge in [-0.15, -0.1) is 0 Å². The topological polar surface area (TPSA) is 34.2 Å². The van der Waals surface area contributed by atoms with E-state index in [0.29, 0.717) is 11.4 Å². The molecule has 0 radical (unpaired) electrons. The zero-order chi connectivity index (χ0) is 12.2. The first-order valence-corrected chi connectivity index (χ1v) is 4.75. The minimum absolute atomic E-state index is 0.120. The number of pyridine rings is 1. The molecule has 0 aliphatic carbocycles. The van der Waals surface area contributed by atoms with Gasteiger partial charge in [-0.05, 0) is 13.0 Å². The van der Waals surface area contributed by atoms with Crippen molar-refractivity contribution < 1.29 is 17.9 Å². The number of alkyl halides is 3. The third-order valence-corrected chi connectivity index (χ3v) is 2.08. The van der Waals surface area contributed by atoms with E-state index in [-0.39, 0.29) is 6.61 Å². The number of aromatic nitrogens is 1. The smallest absolute Gasteiger partial charge is 0.373 e. The van der Waals surface area contributed by atoms with E-state index in [4.69, 9.17) is 4.74 Å². The number of ether oxygens (including phenoxy) is 1. The van der Waals surface area contributed by atoms with Gasteiger partial charge >= 0.3 is 6.18 Å². The molecule has 0 aliphatic heterocycles. The number of hydrogen-bond donors (Lipinski definition) is 1. The lowest BCUT2D eigenvalue weighted by molar-refractivity contribution is -0.217. The summed E-state index contributed by atoms with van der Waals surface area (Å²) in [6.07, 6.45) is -4.55. The first-order valence-electron chi connectivity index (χ1n) is 4.75. The first kappa shape index (κ1) is 12.8. The van der Waals surface area contributed by atoms with Crippen molar-refractivity contribution >= 4 is 5.82 Å². The van der Waals surface area contributed by atoms with E-state index >= 15 is 0 Å². The third kappa shape index (κ3) is 3.37. The van der Waals surface area contributed by atoms with E-state index in [0.717, 1.165) is 6.92 Å². The van der Waals surface area contributed by atoms with E-state index in [9.17, 15) is 13.2 Å². The number of anilines is 1. The lowest BCUT2D eigenvalue weighted by Crippen LogP contribution is -2.28. The van der Waals surface area contributed by atoms with Crippen LogP contribution in [0.5, 0.6) is 0 Å². The number of halogens is 3. The summed E-state index contributed by atoms with van der Waals surface area (Å²) in [5, 5.41) is 2.79. The number of nitrogens with zero attached hydrogens (tertiary/aromatic N) is 1. The molecule has 6 heteroatoms. The standard InChI is InChI=1S/C10H13F3N2O/c1-7(10(11,12)13)16-6-8-4-3-5-15-9(8)14-2/h3-5,7H,6H2,1-2H3,(H,14,15). The molecule has 0 saturated heterocycles. The first-order chi connectivity index (χ1) is 7.45. The van der Waals surface area contributed by atoms with Crippen LogP contribution in [0.1, 0.15) is 12.5 Å². The molecule has 1 rings (SSSR count). The van der Waals surface area contributed by atoms with E-state index < -0.39 is 12.3 Å². The number of nitrogens with one attached hydrogen (secondary N) is 1. The molecule has 1 heterocycles. The average molecular weight is 234 g/mol. The molecule has 0 saturated carbocycles. The monoisotopic (exact) mass is 234 g/mol. The molecule has 0 aromatic carbocycles. The molecule has 1 aromatic heterocycles. The van der Waals surface area contributed by atoms with Crippen molar-refractivity contribution in [3.63, 3.8) is 0 Å². The van der Waals surface area contributed by atoms with Crippen molar-refractivity contribution in [2.45, 2.75) is 25.8 Å². The van der Waals surface area contributed by atoms with Gasteiger partial charge in [-0.3, -0.25) is 0 Å². The summed E-state index contributed by atoms with van der Waals surface area (Å²) in [5.74, 6) is 0.525. The molecule has 0 bridgehead atoms.